The third-order valence-electron chi connectivity index (χ3n) is 10.6. The predicted molar refractivity (Wildman–Crippen MR) is 220 cm³/mol. The molecule has 2 heterocycles. The van der Waals surface area contributed by atoms with Gasteiger partial charge in [-0.2, -0.15) is 0 Å². The van der Waals surface area contributed by atoms with Gasteiger partial charge in [0.15, 0.2) is 5.78 Å². The van der Waals surface area contributed by atoms with Gasteiger partial charge in [-0.1, -0.05) is 122 Å². The number of aliphatic hydroxyl groups is 1. The maximum Gasteiger partial charge on any atom is 0.162 e. The molecule has 1 radical (unpaired) electrons. The van der Waals surface area contributed by atoms with Crippen LogP contribution in [-0.4, -0.2) is 15.9 Å². The minimum Gasteiger partial charge on any atom is -0.512 e. The second kappa shape index (κ2) is 17.0. The Hall–Kier alpha value is -2.98. The van der Waals surface area contributed by atoms with E-state index in [4.69, 9.17) is 6.85 Å². The molecule has 0 bridgehead atoms. The number of rotatable bonds is 10. The molecule has 0 atom stereocenters. The number of aromatic nitrogens is 1. The standard InChI is InChI=1S/C33H32NS.C14H26O2.Ir/c1-19(2)14-27-23-11-10-20(3)15-22(23)16-28-31-30-25(12-13-34-31)24-9-7-8-21(18-33(4,5)6)26(24)17-29(30)35-32(27)28;1-6-11(7-2)12(15)10-13(16)14(5,8-3)9-4;/h7-13,15,17,19H,14,18H2,1-6H3;10-11,16H,6-9H2,1-5H3;/q-1;;/b;13-10-;/i3D3,12D,13D;;. The molecule has 0 unspecified atom stereocenters. The van der Waals surface area contributed by atoms with Crippen LogP contribution < -0.4 is 0 Å². The van der Waals surface area contributed by atoms with Crippen molar-refractivity contribution in [3.63, 3.8) is 0 Å². The van der Waals surface area contributed by atoms with Crippen molar-refractivity contribution in [1.29, 1.82) is 0 Å². The Morgan fingerprint density at radius 3 is 2.33 bits per heavy atom. The Labute approximate surface area is 337 Å². The summed E-state index contributed by atoms with van der Waals surface area (Å²) in [6, 6.07) is 17.6. The van der Waals surface area contributed by atoms with E-state index in [-0.39, 0.29) is 66.2 Å². The fourth-order valence-electron chi connectivity index (χ4n) is 7.12. The molecule has 4 aromatic carbocycles. The van der Waals surface area contributed by atoms with E-state index in [1.807, 2.05) is 40.7 Å². The number of ketones is 1. The van der Waals surface area contributed by atoms with Gasteiger partial charge in [0.1, 0.15) is 5.76 Å². The van der Waals surface area contributed by atoms with Gasteiger partial charge < -0.3 is 5.11 Å². The van der Waals surface area contributed by atoms with Crippen LogP contribution in [0.3, 0.4) is 0 Å². The number of allylic oxidation sites excluding steroid dienone is 2. The molecule has 1 N–H and O–H groups in total. The number of fused-ring (bicyclic) bond motifs is 5. The first-order valence-electron chi connectivity index (χ1n) is 21.2. The second-order valence-corrected chi connectivity index (χ2v) is 17.1. The summed E-state index contributed by atoms with van der Waals surface area (Å²) in [5.74, 6) is 0.745. The molecule has 0 saturated heterocycles. The smallest absolute Gasteiger partial charge is 0.162 e. The zero-order valence-electron chi connectivity index (χ0n) is 37.6. The summed E-state index contributed by atoms with van der Waals surface area (Å²) in [6.45, 7) is 19.0. The van der Waals surface area contributed by atoms with Gasteiger partial charge in [-0.3, -0.25) is 9.78 Å². The molecule has 3 nitrogen and oxygen atoms in total. The van der Waals surface area contributed by atoms with Gasteiger partial charge in [0, 0.05) is 58.4 Å². The van der Waals surface area contributed by atoms with Crippen LogP contribution in [0.25, 0.3) is 43.6 Å². The van der Waals surface area contributed by atoms with E-state index in [1.165, 1.54) is 11.6 Å². The summed E-state index contributed by atoms with van der Waals surface area (Å²) in [5.41, 5.74) is 3.99. The Balaban J connectivity index is 0.000000362. The van der Waals surface area contributed by atoms with Crippen LogP contribution in [0.2, 0.25) is 0 Å². The van der Waals surface area contributed by atoms with Crippen LogP contribution in [0.1, 0.15) is 118 Å². The van der Waals surface area contributed by atoms with Gasteiger partial charge >= 0.3 is 0 Å². The number of hydrogen-bond donors (Lipinski definition) is 1. The van der Waals surface area contributed by atoms with Crippen molar-refractivity contribution < 1.29 is 36.9 Å². The van der Waals surface area contributed by atoms with E-state index in [2.05, 4.69) is 69.9 Å². The number of nitrogens with zero attached hydrogens (tertiary/aromatic N) is 1. The number of hydrogen-bond acceptors (Lipinski definition) is 4. The normalized spacial score (nSPS) is 14.6. The van der Waals surface area contributed by atoms with Gasteiger partial charge in [-0.05, 0) is 101 Å². The van der Waals surface area contributed by atoms with Crippen LogP contribution >= 0.6 is 11.8 Å². The molecular formula is C47H58IrNO2S-. The molecule has 0 saturated carbocycles. The number of benzene rings is 4. The first-order chi connectivity index (χ1) is 26.2. The Morgan fingerprint density at radius 2 is 1.71 bits per heavy atom. The molecule has 0 fully saturated rings. The minimum atomic E-state index is -2.21. The molecule has 1 aliphatic heterocycles. The van der Waals surface area contributed by atoms with Crippen molar-refractivity contribution in [3.8, 4) is 11.3 Å². The molecule has 279 valence electrons. The van der Waals surface area contributed by atoms with Crippen LogP contribution in [0, 0.1) is 35.6 Å². The summed E-state index contributed by atoms with van der Waals surface area (Å²) in [5, 5.41) is 15.5. The summed E-state index contributed by atoms with van der Waals surface area (Å²) in [7, 11) is 0. The molecular weight excluding hydrogens is 835 g/mol. The number of carbonyl (C=O) groups excluding carboxylic acids is 1. The molecule has 5 aromatic rings. The average molecular weight is 898 g/mol. The largest absolute Gasteiger partial charge is 0.512 e. The fraction of sp³-hybridized carbons (Fsp3) is 0.447. The molecule has 0 spiro atoms. The van der Waals surface area contributed by atoms with E-state index in [0.717, 1.165) is 91.8 Å². The van der Waals surface area contributed by atoms with Crippen molar-refractivity contribution in [1.82, 2.24) is 4.98 Å². The Kier molecular flexibility index (Phi) is 11.4. The van der Waals surface area contributed by atoms with Crippen molar-refractivity contribution >= 4 is 49.9 Å². The van der Waals surface area contributed by atoms with Gasteiger partial charge in [-0.15, -0.1) is 29.3 Å². The van der Waals surface area contributed by atoms with Crippen LogP contribution in [0.5, 0.6) is 0 Å². The summed E-state index contributed by atoms with van der Waals surface area (Å²) < 4.78 is 41.5. The van der Waals surface area contributed by atoms with Crippen molar-refractivity contribution in [2.75, 3.05) is 0 Å². The van der Waals surface area contributed by atoms with Crippen LogP contribution in [0.15, 0.2) is 76.3 Å². The molecule has 6 rings (SSSR count). The van der Waals surface area contributed by atoms with E-state index < -0.39 is 6.85 Å². The van der Waals surface area contributed by atoms with Gasteiger partial charge in [0.2, 0.25) is 0 Å². The van der Waals surface area contributed by atoms with Gasteiger partial charge in [0.05, 0.1) is 2.74 Å². The first kappa shape index (κ1) is 34.8. The number of pyridine rings is 1. The third kappa shape index (κ3) is 8.69. The van der Waals surface area contributed by atoms with Crippen molar-refractivity contribution in [2.45, 2.75) is 124 Å². The molecule has 52 heavy (non-hydrogen) atoms. The van der Waals surface area contributed by atoms with Gasteiger partial charge in [0.25, 0.3) is 0 Å². The predicted octanol–water partition coefficient (Wildman–Crippen LogP) is 13.8. The third-order valence-corrected chi connectivity index (χ3v) is 11.8. The van der Waals surface area contributed by atoms with E-state index in [9.17, 15) is 9.90 Å². The average Bonchev–Trinajstić information content (AvgIpc) is 3.12. The molecule has 1 aromatic heterocycles. The number of aryl methyl sites for hydroxylation is 1. The zero-order valence-corrected chi connectivity index (χ0v) is 35.8. The van der Waals surface area contributed by atoms with Crippen molar-refractivity contribution in [3.05, 3.63) is 89.3 Å². The number of carbonyl (C=O) groups is 1. The Morgan fingerprint density at radius 1 is 1.00 bits per heavy atom. The summed E-state index contributed by atoms with van der Waals surface area (Å²) in [4.78, 5) is 18.7. The zero-order chi connectivity index (χ0) is 41.5. The summed E-state index contributed by atoms with van der Waals surface area (Å²) >= 11 is 1.70. The Bertz CT molecular complexity index is 2320. The number of aliphatic hydroxyl groups excluding tert-OH is 1. The molecule has 1 aliphatic rings. The van der Waals surface area contributed by atoms with Crippen LogP contribution in [-0.2, 0) is 37.7 Å². The van der Waals surface area contributed by atoms with E-state index >= 15 is 0 Å². The van der Waals surface area contributed by atoms with E-state index in [0.29, 0.717) is 11.6 Å². The molecule has 0 aliphatic carbocycles. The fourth-order valence-corrected chi connectivity index (χ4v) is 8.38. The first-order valence-corrected chi connectivity index (χ1v) is 19.5. The quantitative estimate of drug-likeness (QED) is 0.0644. The van der Waals surface area contributed by atoms with Crippen LogP contribution in [0.4, 0.5) is 0 Å². The maximum absolute atomic E-state index is 11.9. The van der Waals surface area contributed by atoms with Gasteiger partial charge in [-0.25, -0.2) is 0 Å². The van der Waals surface area contributed by atoms with E-state index in [1.54, 1.807) is 23.9 Å². The molecule has 0 amide bonds. The maximum atomic E-state index is 11.9. The summed E-state index contributed by atoms with van der Waals surface area (Å²) in [6.07, 6.45) is 6.49. The SMILES string of the molecule is CCC(CC)C(=O)/C=C(\O)C(C)(CC)CC.[2H]c1nc2c3c(cc4c(CC(C)(C)C)cccc4c3c1[2H])Sc1c-2[c-]c2cc(C([2H])([2H])[2H])ccc2c1CC(C)C.[Ir]. The monoisotopic (exact) mass is 898 g/mol. The molecule has 5 heteroatoms. The topological polar surface area (TPSA) is 50.2 Å². The second-order valence-electron chi connectivity index (χ2n) is 16.1. The minimum absolute atomic E-state index is 0. The van der Waals surface area contributed by atoms with Crippen molar-refractivity contribution in [2.24, 2.45) is 22.7 Å².